The van der Waals surface area contributed by atoms with Gasteiger partial charge in [0.1, 0.15) is 11.9 Å². The predicted molar refractivity (Wildman–Crippen MR) is 82.1 cm³/mol. The summed E-state index contributed by atoms with van der Waals surface area (Å²) in [5, 5.41) is 0. The van der Waals surface area contributed by atoms with Gasteiger partial charge in [-0.2, -0.15) is 0 Å². The van der Waals surface area contributed by atoms with Gasteiger partial charge in [0.15, 0.2) is 5.78 Å². The van der Waals surface area contributed by atoms with E-state index in [0.29, 0.717) is 12.0 Å². The van der Waals surface area contributed by atoms with Crippen LogP contribution in [0.1, 0.15) is 22.0 Å². The van der Waals surface area contributed by atoms with E-state index in [2.05, 4.69) is 4.98 Å². The summed E-state index contributed by atoms with van der Waals surface area (Å²) in [7, 11) is 0. The third-order valence-corrected chi connectivity index (χ3v) is 3.59. The Bertz CT molecular complexity index is 737. The van der Waals surface area contributed by atoms with E-state index in [1.807, 2.05) is 18.2 Å². The SMILES string of the molecule is O=C(c1ccccc1)C(Cc1ccc(F)cc1)n1ccnc1. The summed E-state index contributed by atoms with van der Waals surface area (Å²) in [4.78, 5) is 16.8. The Hall–Kier alpha value is -2.75. The van der Waals surface area contributed by atoms with Crippen molar-refractivity contribution >= 4 is 5.78 Å². The van der Waals surface area contributed by atoms with E-state index >= 15 is 0 Å². The van der Waals surface area contributed by atoms with Crippen LogP contribution < -0.4 is 0 Å². The number of aromatic nitrogens is 2. The molecule has 1 heterocycles. The average Bonchev–Trinajstić information content (AvgIpc) is 3.09. The summed E-state index contributed by atoms with van der Waals surface area (Å²) in [5.41, 5.74) is 1.56. The number of ketones is 1. The number of Topliss-reactive ketones (excluding diaryl/α,β-unsaturated/α-hetero) is 1. The number of carbonyl (C=O) groups excluding carboxylic acids is 1. The molecule has 3 aromatic rings. The Morgan fingerprint density at radius 3 is 2.45 bits per heavy atom. The lowest BCUT2D eigenvalue weighted by Crippen LogP contribution is -2.21. The maximum atomic E-state index is 13.0. The fourth-order valence-corrected chi connectivity index (χ4v) is 2.43. The third kappa shape index (κ3) is 3.11. The van der Waals surface area contributed by atoms with Crippen molar-refractivity contribution in [1.29, 1.82) is 0 Å². The molecule has 0 fully saturated rings. The van der Waals surface area contributed by atoms with Gasteiger partial charge in [-0.25, -0.2) is 9.37 Å². The molecule has 0 N–H and O–H groups in total. The first-order valence-corrected chi connectivity index (χ1v) is 7.05. The van der Waals surface area contributed by atoms with Crippen LogP contribution in [0.4, 0.5) is 4.39 Å². The molecule has 1 atom stereocenters. The minimum atomic E-state index is -0.393. The number of nitrogens with zero attached hydrogens (tertiary/aromatic N) is 2. The second-order valence-electron chi connectivity index (χ2n) is 5.09. The summed E-state index contributed by atoms with van der Waals surface area (Å²) >= 11 is 0. The molecule has 0 aliphatic carbocycles. The molecule has 0 saturated carbocycles. The molecule has 110 valence electrons. The molecule has 0 saturated heterocycles. The summed E-state index contributed by atoms with van der Waals surface area (Å²) in [6.45, 7) is 0. The van der Waals surface area contributed by atoms with E-state index < -0.39 is 6.04 Å². The van der Waals surface area contributed by atoms with Gasteiger partial charge in [0.05, 0.1) is 6.33 Å². The van der Waals surface area contributed by atoms with Crippen LogP contribution in [-0.4, -0.2) is 15.3 Å². The molecule has 0 bridgehead atoms. The lowest BCUT2D eigenvalue weighted by atomic mass is 9.97. The van der Waals surface area contributed by atoms with Gasteiger partial charge in [0, 0.05) is 24.4 Å². The van der Waals surface area contributed by atoms with Crippen LogP contribution in [0.15, 0.2) is 73.3 Å². The third-order valence-electron chi connectivity index (χ3n) is 3.59. The Morgan fingerprint density at radius 1 is 1.09 bits per heavy atom. The van der Waals surface area contributed by atoms with Gasteiger partial charge in [-0.05, 0) is 17.7 Å². The first-order valence-electron chi connectivity index (χ1n) is 7.05. The molecule has 0 aliphatic heterocycles. The van der Waals surface area contributed by atoms with Gasteiger partial charge in [-0.15, -0.1) is 0 Å². The Balaban J connectivity index is 1.91. The molecule has 0 amide bonds. The molecular formula is C18H15FN2O. The first kappa shape index (κ1) is 14.2. The predicted octanol–water partition coefficient (Wildman–Crippen LogP) is 3.69. The molecule has 1 aromatic heterocycles. The standard InChI is InChI=1S/C18H15FN2O/c19-16-8-6-14(7-9-16)12-17(21-11-10-20-13-21)18(22)15-4-2-1-3-5-15/h1-11,13,17H,12H2. The monoisotopic (exact) mass is 294 g/mol. The molecule has 3 nitrogen and oxygen atoms in total. The summed E-state index contributed by atoms with van der Waals surface area (Å²) < 4.78 is 14.8. The van der Waals surface area contributed by atoms with E-state index in [1.54, 1.807) is 47.6 Å². The number of hydrogen-bond acceptors (Lipinski definition) is 2. The lowest BCUT2D eigenvalue weighted by Gasteiger charge is -2.17. The van der Waals surface area contributed by atoms with E-state index in [4.69, 9.17) is 0 Å². The van der Waals surface area contributed by atoms with E-state index in [1.165, 1.54) is 12.1 Å². The van der Waals surface area contributed by atoms with Crippen LogP contribution >= 0.6 is 0 Å². The Morgan fingerprint density at radius 2 is 1.82 bits per heavy atom. The van der Waals surface area contributed by atoms with Crippen LogP contribution in [0.5, 0.6) is 0 Å². The number of rotatable bonds is 5. The van der Waals surface area contributed by atoms with E-state index in [0.717, 1.165) is 5.56 Å². The topological polar surface area (TPSA) is 34.9 Å². The number of benzene rings is 2. The van der Waals surface area contributed by atoms with Crippen LogP contribution in [0.2, 0.25) is 0 Å². The average molecular weight is 294 g/mol. The van der Waals surface area contributed by atoms with Crippen molar-refractivity contribution in [3.8, 4) is 0 Å². The number of halogens is 1. The highest BCUT2D eigenvalue weighted by Crippen LogP contribution is 2.20. The molecule has 2 aromatic carbocycles. The molecule has 0 spiro atoms. The van der Waals surface area contributed by atoms with Gasteiger partial charge in [0.25, 0.3) is 0 Å². The fraction of sp³-hybridized carbons (Fsp3) is 0.111. The minimum absolute atomic E-state index is 0.0166. The van der Waals surface area contributed by atoms with Crippen molar-refractivity contribution in [1.82, 2.24) is 9.55 Å². The molecule has 22 heavy (non-hydrogen) atoms. The smallest absolute Gasteiger partial charge is 0.185 e. The zero-order valence-corrected chi connectivity index (χ0v) is 11.9. The number of hydrogen-bond donors (Lipinski definition) is 0. The van der Waals surface area contributed by atoms with Crippen molar-refractivity contribution in [2.75, 3.05) is 0 Å². The van der Waals surface area contributed by atoms with Crippen molar-refractivity contribution in [2.45, 2.75) is 12.5 Å². The highest BCUT2D eigenvalue weighted by atomic mass is 19.1. The summed E-state index contributed by atoms with van der Waals surface area (Å²) in [5.74, 6) is -0.264. The molecule has 0 radical (unpaired) electrons. The van der Waals surface area contributed by atoms with Gasteiger partial charge < -0.3 is 4.57 Å². The molecule has 4 heteroatoms. The zero-order valence-electron chi connectivity index (χ0n) is 11.9. The second kappa shape index (κ2) is 6.35. The van der Waals surface area contributed by atoms with Crippen molar-refractivity contribution in [3.63, 3.8) is 0 Å². The fourth-order valence-electron chi connectivity index (χ4n) is 2.43. The summed E-state index contributed by atoms with van der Waals surface area (Å²) in [6.07, 6.45) is 5.55. The van der Waals surface area contributed by atoms with Crippen molar-refractivity contribution in [2.24, 2.45) is 0 Å². The maximum absolute atomic E-state index is 13.0. The minimum Gasteiger partial charge on any atom is -0.326 e. The zero-order chi connectivity index (χ0) is 15.4. The number of imidazole rings is 1. The normalized spacial score (nSPS) is 12.0. The van der Waals surface area contributed by atoms with Gasteiger partial charge >= 0.3 is 0 Å². The van der Waals surface area contributed by atoms with Crippen LogP contribution in [0.25, 0.3) is 0 Å². The maximum Gasteiger partial charge on any atom is 0.185 e. The lowest BCUT2D eigenvalue weighted by molar-refractivity contribution is 0.0924. The largest absolute Gasteiger partial charge is 0.326 e. The highest BCUT2D eigenvalue weighted by molar-refractivity contribution is 5.99. The first-order chi connectivity index (χ1) is 10.7. The Kier molecular flexibility index (Phi) is 4.10. The van der Waals surface area contributed by atoms with Crippen molar-refractivity contribution in [3.05, 3.63) is 90.3 Å². The van der Waals surface area contributed by atoms with Crippen LogP contribution in [0, 0.1) is 5.82 Å². The van der Waals surface area contributed by atoms with Gasteiger partial charge in [-0.1, -0.05) is 42.5 Å². The van der Waals surface area contributed by atoms with E-state index in [9.17, 15) is 9.18 Å². The van der Waals surface area contributed by atoms with Crippen LogP contribution in [-0.2, 0) is 6.42 Å². The number of carbonyl (C=O) groups is 1. The highest BCUT2D eigenvalue weighted by Gasteiger charge is 2.21. The van der Waals surface area contributed by atoms with Gasteiger partial charge in [-0.3, -0.25) is 4.79 Å². The van der Waals surface area contributed by atoms with E-state index in [-0.39, 0.29) is 11.6 Å². The quantitative estimate of drug-likeness (QED) is 0.673. The second-order valence-corrected chi connectivity index (χ2v) is 5.09. The molecule has 1 unspecified atom stereocenters. The Labute approximate surface area is 128 Å². The molecular weight excluding hydrogens is 279 g/mol. The van der Waals surface area contributed by atoms with Gasteiger partial charge in [0.2, 0.25) is 0 Å². The van der Waals surface area contributed by atoms with Crippen molar-refractivity contribution < 1.29 is 9.18 Å². The molecule has 0 aliphatic rings. The molecule has 3 rings (SSSR count). The summed E-state index contributed by atoms with van der Waals surface area (Å²) in [6, 6.07) is 15.0. The van der Waals surface area contributed by atoms with Crippen LogP contribution in [0.3, 0.4) is 0 Å².